The Morgan fingerprint density at radius 1 is 1.04 bits per heavy atom. The van der Waals surface area contributed by atoms with Crippen molar-refractivity contribution in [2.75, 3.05) is 19.6 Å². The van der Waals surface area contributed by atoms with Crippen molar-refractivity contribution in [2.24, 2.45) is 0 Å². The van der Waals surface area contributed by atoms with E-state index in [1.165, 1.54) is 10.9 Å². The maximum Gasteiger partial charge on any atom is 0.410 e. The molecule has 1 N–H and O–H groups in total. The first kappa shape index (κ1) is 33.6. The van der Waals surface area contributed by atoms with E-state index in [-0.39, 0.29) is 42.4 Å². The van der Waals surface area contributed by atoms with Crippen LogP contribution in [0.2, 0.25) is 10.2 Å². The van der Waals surface area contributed by atoms with Crippen LogP contribution in [-0.2, 0) is 16.0 Å². The number of likely N-dealkylation sites (tertiary alicyclic amines) is 2. The van der Waals surface area contributed by atoms with Gasteiger partial charge >= 0.3 is 6.09 Å². The van der Waals surface area contributed by atoms with Gasteiger partial charge < -0.3 is 19.5 Å². The Bertz CT molecular complexity index is 1940. The Hall–Kier alpha value is -3.90. The Morgan fingerprint density at radius 3 is 2.41 bits per heavy atom. The molecule has 13 heteroatoms. The summed E-state index contributed by atoms with van der Waals surface area (Å²) >= 11 is 12.7. The van der Waals surface area contributed by atoms with E-state index in [1.54, 1.807) is 44.7 Å². The van der Waals surface area contributed by atoms with Crippen LogP contribution in [0.4, 0.5) is 4.79 Å². The van der Waals surface area contributed by atoms with Crippen molar-refractivity contribution in [3.05, 3.63) is 92.6 Å². The fraction of sp³-hybridized carbons (Fsp3) is 0.444. The number of morpholine rings is 1. The van der Waals surface area contributed by atoms with Crippen molar-refractivity contribution in [3.63, 3.8) is 0 Å². The number of aromatic nitrogens is 3. The maximum absolute atomic E-state index is 13.7. The third kappa shape index (κ3) is 6.69. The van der Waals surface area contributed by atoms with Crippen LogP contribution in [0.3, 0.4) is 0 Å². The highest BCUT2D eigenvalue weighted by molar-refractivity contribution is 6.31. The number of ether oxygens (including phenoxy) is 2. The van der Waals surface area contributed by atoms with Crippen molar-refractivity contribution in [1.29, 1.82) is 0 Å². The minimum atomic E-state index is -1.19. The van der Waals surface area contributed by atoms with Crippen LogP contribution in [0.5, 0.6) is 0 Å². The molecule has 49 heavy (non-hydrogen) atoms. The average molecular weight is 709 g/mol. The van der Waals surface area contributed by atoms with Crippen LogP contribution < -0.4 is 5.56 Å². The quantitative estimate of drug-likeness (QED) is 0.270. The Labute approximate surface area is 293 Å². The van der Waals surface area contributed by atoms with Crippen LogP contribution in [-0.4, -0.2) is 84.1 Å². The van der Waals surface area contributed by atoms with E-state index < -0.39 is 11.2 Å². The van der Waals surface area contributed by atoms with Crippen LogP contribution in [0.25, 0.3) is 16.7 Å². The summed E-state index contributed by atoms with van der Waals surface area (Å²) in [7, 11) is 0. The summed E-state index contributed by atoms with van der Waals surface area (Å²) in [4.78, 5) is 47.9. The second-order valence-corrected chi connectivity index (χ2v) is 15.1. The third-order valence-electron chi connectivity index (χ3n) is 9.63. The minimum absolute atomic E-state index is 0.00559. The van der Waals surface area contributed by atoms with Gasteiger partial charge in [-0.3, -0.25) is 23.6 Å². The van der Waals surface area contributed by atoms with Crippen molar-refractivity contribution < 1.29 is 24.2 Å². The van der Waals surface area contributed by atoms with Crippen molar-refractivity contribution >= 4 is 46.2 Å². The molecular weight excluding hydrogens is 669 g/mol. The molecule has 5 heterocycles. The number of nitrogens with zero attached hydrogens (tertiary/aromatic N) is 5. The first-order valence-electron chi connectivity index (χ1n) is 16.6. The lowest BCUT2D eigenvalue weighted by Gasteiger charge is -2.41. The number of benzene rings is 2. The van der Waals surface area contributed by atoms with E-state index >= 15 is 0 Å². The highest BCUT2D eigenvalue weighted by atomic mass is 35.5. The highest BCUT2D eigenvalue weighted by Crippen LogP contribution is 2.41. The largest absolute Gasteiger partial charge is 0.444 e. The number of piperidine rings is 1. The van der Waals surface area contributed by atoms with Gasteiger partial charge in [0.1, 0.15) is 17.1 Å². The van der Waals surface area contributed by atoms with Gasteiger partial charge in [0, 0.05) is 29.4 Å². The summed E-state index contributed by atoms with van der Waals surface area (Å²) in [6.45, 7) is 6.78. The molecule has 2 amide bonds. The van der Waals surface area contributed by atoms with Gasteiger partial charge in [0.05, 0.1) is 42.3 Å². The van der Waals surface area contributed by atoms with Gasteiger partial charge in [-0.25, -0.2) is 9.78 Å². The van der Waals surface area contributed by atoms with Gasteiger partial charge in [0.2, 0.25) is 0 Å². The van der Waals surface area contributed by atoms with Gasteiger partial charge in [-0.2, -0.15) is 0 Å². The summed E-state index contributed by atoms with van der Waals surface area (Å²) in [5, 5.41) is 12.6. The van der Waals surface area contributed by atoms with E-state index in [9.17, 15) is 19.5 Å². The Balaban J connectivity index is 1.09. The number of halogens is 2. The first-order chi connectivity index (χ1) is 23.3. The number of carbonyl (C=O) groups is 2. The van der Waals surface area contributed by atoms with Gasteiger partial charge in [0.25, 0.3) is 11.5 Å². The molecule has 2 bridgehead atoms. The average Bonchev–Trinajstić information content (AvgIpc) is 3.61. The fourth-order valence-electron chi connectivity index (χ4n) is 7.18. The number of carbonyl (C=O) groups excluding carboxylic acids is 2. The molecule has 3 aliphatic heterocycles. The molecule has 3 aliphatic rings. The fourth-order valence-corrected chi connectivity index (χ4v) is 7.59. The molecule has 2 aromatic carbocycles. The molecule has 0 radical (unpaired) electrons. The van der Waals surface area contributed by atoms with Gasteiger partial charge in [-0.15, -0.1) is 0 Å². The Kier molecular flexibility index (Phi) is 8.75. The van der Waals surface area contributed by atoms with Crippen molar-refractivity contribution in [1.82, 2.24) is 23.9 Å². The van der Waals surface area contributed by atoms with E-state index in [2.05, 4.69) is 4.98 Å². The lowest BCUT2D eigenvalue weighted by molar-refractivity contribution is -0.0823. The van der Waals surface area contributed by atoms with Gasteiger partial charge in [-0.1, -0.05) is 35.3 Å². The predicted octanol–water partition coefficient (Wildman–Crippen LogP) is 6.00. The van der Waals surface area contributed by atoms with Crippen LogP contribution in [0.15, 0.2) is 65.7 Å². The summed E-state index contributed by atoms with van der Waals surface area (Å²) in [6, 6.07) is 15.7. The van der Waals surface area contributed by atoms with Crippen LogP contribution >= 0.6 is 23.2 Å². The molecule has 0 spiro atoms. The van der Waals surface area contributed by atoms with Crippen molar-refractivity contribution in [3.8, 4) is 5.69 Å². The van der Waals surface area contributed by atoms with Crippen LogP contribution in [0, 0.1) is 0 Å². The minimum Gasteiger partial charge on any atom is -0.444 e. The SMILES string of the molecule is CC(C)(C)OC(=O)N1C[C@H]2CC[C@H](O2)[C@H]1c1ccc(-n2c(Cl)cc3c(=O)n(CC4(O)CCN(C(=O)c5ccc(Cl)cc5)CC4)cnc32)cc1. The zero-order valence-corrected chi connectivity index (χ0v) is 29.2. The molecule has 7 rings (SSSR count). The standard InChI is InChI=1S/C36H39Cl2N5O6/c1-35(2,3)49-34(46)42-19-26-12-13-28(48-26)30(42)22-6-10-25(11-7-22)43-29(38)18-27-31(43)39-21-41(33(27)45)20-36(47)14-16-40(17-15-36)32(44)23-4-8-24(37)9-5-23/h4-11,18,21,26,28,30,47H,12-17,19-20H2,1-3H3/t26-,28+,30-/m1/s1. The topological polar surface area (TPSA) is 119 Å². The summed E-state index contributed by atoms with van der Waals surface area (Å²) in [6.07, 6.45) is 3.33. The zero-order chi connectivity index (χ0) is 34.7. The van der Waals surface area contributed by atoms with Gasteiger partial charge in [-0.05, 0) is 94.5 Å². The molecule has 0 unspecified atom stereocenters. The number of hydrogen-bond donors (Lipinski definition) is 1. The Morgan fingerprint density at radius 2 is 1.73 bits per heavy atom. The summed E-state index contributed by atoms with van der Waals surface area (Å²) in [5.74, 6) is -0.123. The van der Waals surface area contributed by atoms with E-state index in [0.29, 0.717) is 64.9 Å². The zero-order valence-electron chi connectivity index (χ0n) is 27.6. The lowest BCUT2D eigenvalue weighted by atomic mass is 9.91. The second-order valence-electron chi connectivity index (χ2n) is 14.3. The summed E-state index contributed by atoms with van der Waals surface area (Å²) < 4.78 is 15.1. The predicted molar refractivity (Wildman–Crippen MR) is 185 cm³/mol. The van der Waals surface area contributed by atoms with Gasteiger partial charge in [0.15, 0.2) is 5.65 Å². The molecular formula is C36H39Cl2N5O6. The molecule has 3 atom stereocenters. The smallest absolute Gasteiger partial charge is 0.410 e. The molecule has 3 fully saturated rings. The summed E-state index contributed by atoms with van der Waals surface area (Å²) in [5.41, 5.74) is 0.423. The van der Waals surface area contributed by atoms with E-state index in [4.69, 9.17) is 32.7 Å². The third-order valence-corrected chi connectivity index (χ3v) is 10.2. The number of amides is 2. The van der Waals surface area contributed by atoms with E-state index in [0.717, 1.165) is 18.4 Å². The number of hydrogen-bond acceptors (Lipinski definition) is 7. The molecule has 11 nitrogen and oxygen atoms in total. The molecule has 4 aromatic rings. The monoisotopic (exact) mass is 707 g/mol. The highest BCUT2D eigenvalue weighted by Gasteiger charge is 2.45. The van der Waals surface area contributed by atoms with E-state index in [1.807, 2.05) is 45.0 Å². The number of aliphatic hydroxyl groups is 1. The molecule has 0 saturated carbocycles. The molecule has 258 valence electrons. The molecule has 2 aromatic heterocycles. The number of fused-ring (bicyclic) bond motifs is 3. The normalized spacial score (nSPS) is 22.0. The number of rotatable bonds is 5. The molecule has 0 aliphatic carbocycles. The maximum atomic E-state index is 13.7. The first-order valence-corrected chi connectivity index (χ1v) is 17.3. The van der Waals surface area contributed by atoms with Crippen molar-refractivity contribution in [2.45, 2.75) is 82.5 Å². The molecule has 3 saturated heterocycles. The lowest BCUT2D eigenvalue weighted by Crippen LogP contribution is -2.49. The van der Waals surface area contributed by atoms with Crippen LogP contribution in [0.1, 0.15) is 68.4 Å². The second kappa shape index (κ2) is 12.8.